The van der Waals surface area contributed by atoms with Crippen LogP contribution in [0.3, 0.4) is 0 Å². The van der Waals surface area contributed by atoms with E-state index < -0.39 is 123 Å². The summed E-state index contributed by atoms with van der Waals surface area (Å²) in [7, 11) is 0. The first-order chi connectivity index (χ1) is 27.5. The number of unbranched alkanes of at least 4 members (excludes halogenated alkanes) is 8. The van der Waals surface area contributed by atoms with Gasteiger partial charge in [0.15, 0.2) is 25.2 Å². The number of hydrogen-bond acceptors (Lipinski definition) is 18. The van der Waals surface area contributed by atoms with Crippen molar-refractivity contribution in [3.8, 4) is 0 Å². The predicted octanol–water partition coefficient (Wildman–Crippen LogP) is -0.458. The maximum absolute atomic E-state index is 11.3. The van der Waals surface area contributed by atoms with Crippen molar-refractivity contribution >= 4 is 5.97 Å². The molecule has 4 saturated heterocycles. The fraction of sp³-hybridized carbons (Fsp3) is 0.974. The van der Waals surface area contributed by atoms with E-state index in [9.17, 15) is 50.8 Å². The van der Waals surface area contributed by atoms with Crippen LogP contribution in [0.2, 0.25) is 0 Å². The second kappa shape index (κ2) is 23.9. The molecular formula is C39H70O19. The van der Waals surface area contributed by atoms with Gasteiger partial charge in [-0.25, -0.2) is 0 Å². The molecule has 4 aliphatic heterocycles. The topological polar surface area (TPSA) is 293 Å². The number of carboxylic acids is 1. The number of carbonyl (C=O) groups is 1. The van der Waals surface area contributed by atoms with Gasteiger partial charge in [0.25, 0.3) is 0 Å². The molecule has 0 aromatic rings. The van der Waals surface area contributed by atoms with Crippen LogP contribution < -0.4 is 0 Å². The molecule has 4 rings (SSSR count). The van der Waals surface area contributed by atoms with Gasteiger partial charge in [-0.15, -0.1) is 0 Å². The summed E-state index contributed by atoms with van der Waals surface area (Å²) < 4.78 is 47.0. The van der Waals surface area contributed by atoms with E-state index in [0.717, 1.165) is 64.2 Å². The van der Waals surface area contributed by atoms with Crippen molar-refractivity contribution in [1.29, 1.82) is 0 Å². The minimum Gasteiger partial charge on any atom is -0.481 e. The Balaban J connectivity index is 1.33. The molecule has 0 unspecified atom stereocenters. The Kier molecular flexibility index (Phi) is 20.3. The molecule has 0 bridgehead atoms. The first kappa shape index (κ1) is 49.4. The minimum atomic E-state index is -1.77. The molecule has 4 fully saturated rings. The van der Waals surface area contributed by atoms with Gasteiger partial charge in [0.1, 0.15) is 73.2 Å². The molecule has 0 saturated carbocycles. The zero-order valence-electron chi connectivity index (χ0n) is 34.1. The van der Waals surface area contributed by atoms with Crippen molar-refractivity contribution < 1.29 is 93.8 Å². The van der Waals surface area contributed by atoms with Gasteiger partial charge in [0.2, 0.25) is 0 Å². The zero-order valence-corrected chi connectivity index (χ0v) is 34.1. The summed E-state index contributed by atoms with van der Waals surface area (Å²) in [5.74, 6) is -0.776. The van der Waals surface area contributed by atoms with Crippen LogP contribution in [0.4, 0.5) is 0 Å². The Morgan fingerprint density at radius 2 is 0.983 bits per heavy atom. The van der Waals surface area contributed by atoms with Gasteiger partial charge in [-0.2, -0.15) is 0 Å². The molecule has 340 valence electrons. The predicted molar refractivity (Wildman–Crippen MR) is 200 cm³/mol. The second-order valence-electron chi connectivity index (χ2n) is 16.3. The summed E-state index contributed by atoms with van der Waals surface area (Å²) in [5, 5.41) is 105. The highest BCUT2D eigenvalue weighted by Gasteiger charge is 2.53. The third-order valence-corrected chi connectivity index (χ3v) is 11.5. The van der Waals surface area contributed by atoms with Gasteiger partial charge in [-0.3, -0.25) is 4.79 Å². The molecule has 10 N–H and O–H groups in total. The fourth-order valence-corrected chi connectivity index (χ4v) is 7.86. The highest BCUT2D eigenvalue weighted by molar-refractivity contribution is 5.66. The molecule has 58 heavy (non-hydrogen) atoms. The highest BCUT2D eigenvalue weighted by atomic mass is 16.8. The van der Waals surface area contributed by atoms with Crippen molar-refractivity contribution in [2.45, 2.75) is 234 Å². The third-order valence-electron chi connectivity index (χ3n) is 11.5. The average molecular weight is 843 g/mol. The summed E-state index contributed by atoms with van der Waals surface area (Å²) in [6.45, 7) is 6.33. The van der Waals surface area contributed by atoms with E-state index in [0.29, 0.717) is 12.8 Å². The van der Waals surface area contributed by atoms with E-state index in [1.54, 1.807) is 0 Å². The first-order valence-corrected chi connectivity index (χ1v) is 21.1. The van der Waals surface area contributed by atoms with Crippen molar-refractivity contribution in [3.05, 3.63) is 0 Å². The van der Waals surface area contributed by atoms with Crippen LogP contribution in [0.25, 0.3) is 0 Å². The van der Waals surface area contributed by atoms with Crippen LogP contribution in [0, 0.1) is 0 Å². The van der Waals surface area contributed by atoms with E-state index in [1.165, 1.54) is 20.8 Å². The Labute approximate surface area is 340 Å². The fourth-order valence-electron chi connectivity index (χ4n) is 7.86. The molecule has 20 atom stereocenters. The SMILES string of the molecule is CCCCC[C@H](CCCCCCCCCC(=O)O)O[C@H]1OC[C@H](O)[C@@H](O)[C@@H]1O[C@@H]1O[C@H](C)[C@@H](O[C@H]2O[C@@H](C)[C@H](O[C@H]3O[C@@H](C)[C@H](O)[C@@H](O)[C@@H]3O)[C@@H](O)[C@@H]2O)[C@H](O)[C@H]1O. The Morgan fingerprint density at radius 3 is 1.50 bits per heavy atom. The Morgan fingerprint density at radius 1 is 0.534 bits per heavy atom. The van der Waals surface area contributed by atoms with Gasteiger partial charge < -0.3 is 89.0 Å². The number of carboxylic acid groups (broad SMARTS) is 1. The molecule has 19 heteroatoms. The van der Waals surface area contributed by atoms with Gasteiger partial charge in [-0.05, 0) is 40.0 Å². The molecule has 0 radical (unpaired) electrons. The number of hydrogen-bond donors (Lipinski definition) is 10. The molecule has 0 aromatic carbocycles. The number of rotatable bonds is 22. The number of aliphatic carboxylic acids is 1. The molecule has 0 spiro atoms. The van der Waals surface area contributed by atoms with Crippen LogP contribution in [0.1, 0.15) is 111 Å². The third kappa shape index (κ3) is 13.4. The van der Waals surface area contributed by atoms with Gasteiger partial charge in [0.05, 0.1) is 31.0 Å². The molecular weight excluding hydrogens is 772 g/mol. The Hall–Kier alpha value is -1.21. The van der Waals surface area contributed by atoms with Crippen LogP contribution >= 0.6 is 0 Å². The normalized spacial score (nSPS) is 42.9. The number of aliphatic hydroxyl groups is 9. The van der Waals surface area contributed by atoms with Crippen LogP contribution in [0.15, 0.2) is 0 Å². The van der Waals surface area contributed by atoms with E-state index in [2.05, 4.69) is 6.92 Å². The lowest BCUT2D eigenvalue weighted by atomic mass is 9.96. The van der Waals surface area contributed by atoms with Gasteiger partial charge in [-0.1, -0.05) is 64.7 Å². The maximum atomic E-state index is 11.3. The van der Waals surface area contributed by atoms with Crippen LogP contribution in [-0.4, -0.2) is 186 Å². The second-order valence-corrected chi connectivity index (χ2v) is 16.3. The summed E-state index contributed by atoms with van der Waals surface area (Å²) in [5.41, 5.74) is 0. The molecule has 0 aliphatic carbocycles. The summed E-state index contributed by atoms with van der Waals surface area (Å²) in [6.07, 6.45) is -16.3. The molecule has 0 aromatic heterocycles. The Bertz CT molecular complexity index is 1190. The van der Waals surface area contributed by atoms with E-state index in [1.807, 2.05) is 0 Å². The van der Waals surface area contributed by atoms with Gasteiger partial charge >= 0.3 is 5.97 Å². The van der Waals surface area contributed by atoms with E-state index >= 15 is 0 Å². The van der Waals surface area contributed by atoms with Crippen LogP contribution in [0.5, 0.6) is 0 Å². The summed E-state index contributed by atoms with van der Waals surface area (Å²) >= 11 is 0. The zero-order chi connectivity index (χ0) is 42.7. The number of ether oxygens (including phenoxy) is 8. The summed E-state index contributed by atoms with van der Waals surface area (Å²) in [6, 6.07) is 0. The number of aliphatic hydroxyl groups excluding tert-OH is 9. The lowest BCUT2D eigenvalue weighted by Crippen LogP contribution is -2.65. The largest absolute Gasteiger partial charge is 0.481 e. The van der Waals surface area contributed by atoms with Crippen molar-refractivity contribution in [3.63, 3.8) is 0 Å². The van der Waals surface area contributed by atoms with Crippen molar-refractivity contribution in [2.75, 3.05) is 6.61 Å². The van der Waals surface area contributed by atoms with Gasteiger partial charge in [0, 0.05) is 6.42 Å². The first-order valence-electron chi connectivity index (χ1n) is 21.1. The quantitative estimate of drug-likeness (QED) is 0.0617. The monoisotopic (exact) mass is 842 g/mol. The highest BCUT2D eigenvalue weighted by Crippen LogP contribution is 2.34. The lowest BCUT2D eigenvalue weighted by Gasteiger charge is -2.48. The maximum Gasteiger partial charge on any atom is 0.303 e. The smallest absolute Gasteiger partial charge is 0.303 e. The minimum absolute atomic E-state index is 0.188. The lowest BCUT2D eigenvalue weighted by molar-refractivity contribution is -0.384. The van der Waals surface area contributed by atoms with Crippen molar-refractivity contribution in [1.82, 2.24) is 0 Å². The molecule has 0 amide bonds. The molecule has 4 heterocycles. The average Bonchev–Trinajstić information content (AvgIpc) is 3.18. The molecule has 4 aliphatic rings. The van der Waals surface area contributed by atoms with E-state index in [4.69, 9.17) is 43.0 Å². The summed E-state index contributed by atoms with van der Waals surface area (Å²) in [4.78, 5) is 10.7. The molecule has 19 nitrogen and oxygen atoms in total. The standard InChI is InChI=1S/C39H70O19/c1-5-6-12-15-22(16-13-10-8-7-9-11-14-17-24(41)42)55-39-35(26(44)23(40)18-51-39)58-38-32(50)29(47)34(21(4)54-38)57-37-31(49)28(46)33(20(3)53-37)56-36-30(48)27(45)25(43)19(2)52-36/h19-23,25-40,43-50H,5-18H2,1-4H3,(H,41,42)/t19-,20-,21+,22+,23-,25-,26+,27+,28-,29+,30-,31-,32+,33-,34+,35-,36+,37+,38-,39+/m0/s1. The van der Waals surface area contributed by atoms with Crippen LogP contribution in [-0.2, 0) is 42.7 Å². The van der Waals surface area contributed by atoms with Crippen molar-refractivity contribution in [2.24, 2.45) is 0 Å². The van der Waals surface area contributed by atoms with E-state index in [-0.39, 0.29) is 19.1 Å².